The average molecular weight is 314 g/mol. The van der Waals surface area contributed by atoms with E-state index in [0.29, 0.717) is 11.1 Å². The van der Waals surface area contributed by atoms with E-state index in [1.165, 1.54) is 48.8 Å². The van der Waals surface area contributed by atoms with Crippen molar-refractivity contribution in [2.24, 2.45) is 4.99 Å². The molecule has 0 bridgehead atoms. The molecule has 0 spiro atoms. The van der Waals surface area contributed by atoms with Gasteiger partial charge in [0.25, 0.3) is 0 Å². The minimum absolute atomic E-state index is 0.0477. The van der Waals surface area contributed by atoms with E-state index < -0.39 is 23.3 Å². The molecule has 0 aromatic heterocycles. The number of carbonyl (C=O) groups is 1. The minimum atomic E-state index is -1.29. The Hall–Kier alpha value is -3.02. The van der Waals surface area contributed by atoms with E-state index >= 15 is 0 Å². The van der Waals surface area contributed by atoms with Crippen LogP contribution in [0.5, 0.6) is 0 Å². The Morgan fingerprint density at radius 3 is 2.00 bits per heavy atom. The van der Waals surface area contributed by atoms with Crippen LogP contribution in [0.2, 0.25) is 0 Å². The molecule has 0 radical (unpaired) electrons. The zero-order chi connectivity index (χ0) is 16.4. The molecule has 0 fully saturated rings. The number of hydrogen-bond acceptors (Lipinski definition) is 3. The number of aliphatic carboxylic acids is 1. The number of rotatable bonds is 3. The van der Waals surface area contributed by atoms with Gasteiger partial charge in [0.05, 0.1) is 5.57 Å². The van der Waals surface area contributed by atoms with Crippen LogP contribution in [0.15, 0.2) is 65.3 Å². The van der Waals surface area contributed by atoms with Crippen LogP contribution in [0.4, 0.5) is 8.78 Å². The van der Waals surface area contributed by atoms with Crippen LogP contribution < -0.4 is 5.32 Å². The summed E-state index contributed by atoms with van der Waals surface area (Å²) in [4.78, 5) is 15.3. The molecule has 0 aliphatic carbocycles. The third-order valence-electron chi connectivity index (χ3n) is 3.57. The number of benzene rings is 2. The second kappa shape index (κ2) is 5.64. The number of hydrogen-bond donors (Lipinski definition) is 2. The Balaban J connectivity index is 2.16. The largest absolute Gasteiger partial charge is 0.478 e. The molecule has 0 atom stereocenters. The van der Waals surface area contributed by atoms with Gasteiger partial charge in [-0.2, -0.15) is 0 Å². The SMILES string of the molecule is O=C(O)C1=CNC(c2cccc(F)c2)(c2cccc(F)c2)N=C1. The predicted octanol–water partition coefficient (Wildman–Crippen LogP) is 2.81. The summed E-state index contributed by atoms with van der Waals surface area (Å²) in [5.74, 6) is -2.08. The molecule has 0 unspecified atom stereocenters. The lowest BCUT2D eigenvalue weighted by Crippen LogP contribution is -2.41. The smallest absolute Gasteiger partial charge is 0.338 e. The van der Waals surface area contributed by atoms with Crippen molar-refractivity contribution < 1.29 is 18.7 Å². The first-order chi connectivity index (χ1) is 11.0. The number of nitrogens with one attached hydrogen (secondary N) is 1. The first kappa shape index (κ1) is 14.9. The van der Waals surface area contributed by atoms with E-state index in [0.717, 1.165) is 0 Å². The maximum atomic E-state index is 13.6. The van der Waals surface area contributed by atoms with Crippen LogP contribution in [0.3, 0.4) is 0 Å². The second-order valence-corrected chi connectivity index (χ2v) is 5.04. The van der Waals surface area contributed by atoms with Crippen LogP contribution in [-0.4, -0.2) is 17.3 Å². The lowest BCUT2D eigenvalue weighted by atomic mass is 9.90. The summed E-state index contributed by atoms with van der Waals surface area (Å²) >= 11 is 0. The highest BCUT2D eigenvalue weighted by Gasteiger charge is 2.35. The maximum absolute atomic E-state index is 13.6. The molecule has 3 rings (SSSR count). The summed E-state index contributed by atoms with van der Waals surface area (Å²) in [5.41, 5.74) is -0.475. The summed E-state index contributed by atoms with van der Waals surface area (Å²) in [7, 11) is 0. The van der Waals surface area contributed by atoms with Crippen molar-refractivity contribution >= 4 is 12.2 Å². The molecule has 116 valence electrons. The fraction of sp³-hybridized carbons (Fsp3) is 0.0588. The lowest BCUT2D eigenvalue weighted by Gasteiger charge is -2.33. The van der Waals surface area contributed by atoms with Gasteiger partial charge >= 0.3 is 5.97 Å². The van der Waals surface area contributed by atoms with E-state index in [-0.39, 0.29) is 5.57 Å². The summed E-state index contributed by atoms with van der Waals surface area (Å²) in [5, 5.41) is 11.9. The average Bonchev–Trinajstić information content (AvgIpc) is 2.55. The van der Waals surface area contributed by atoms with Crippen LogP contribution in [-0.2, 0) is 10.5 Å². The van der Waals surface area contributed by atoms with Gasteiger partial charge in [-0.05, 0) is 24.3 Å². The van der Waals surface area contributed by atoms with Gasteiger partial charge in [0, 0.05) is 23.5 Å². The molecule has 1 aliphatic heterocycles. The molecule has 2 aromatic rings. The number of aliphatic imine (C=N–C) groups is 1. The molecule has 0 saturated carbocycles. The van der Waals surface area contributed by atoms with E-state index in [1.807, 2.05) is 0 Å². The third kappa shape index (κ3) is 2.70. The highest BCUT2D eigenvalue weighted by Crippen LogP contribution is 2.33. The molecule has 2 aromatic carbocycles. The Morgan fingerprint density at radius 1 is 1.04 bits per heavy atom. The van der Waals surface area contributed by atoms with Gasteiger partial charge in [-0.15, -0.1) is 0 Å². The Bertz CT molecular complexity index is 785. The molecule has 23 heavy (non-hydrogen) atoms. The van der Waals surface area contributed by atoms with Gasteiger partial charge in [-0.1, -0.05) is 24.3 Å². The monoisotopic (exact) mass is 314 g/mol. The first-order valence-corrected chi connectivity index (χ1v) is 6.80. The number of halogens is 2. The quantitative estimate of drug-likeness (QED) is 0.916. The van der Waals surface area contributed by atoms with E-state index in [9.17, 15) is 13.6 Å². The van der Waals surface area contributed by atoms with Gasteiger partial charge in [0.15, 0.2) is 5.66 Å². The molecule has 0 amide bonds. The zero-order valence-electron chi connectivity index (χ0n) is 11.8. The Morgan fingerprint density at radius 2 is 1.61 bits per heavy atom. The van der Waals surface area contributed by atoms with Gasteiger partial charge < -0.3 is 10.4 Å². The summed E-state index contributed by atoms with van der Waals surface area (Å²) < 4.78 is 27.3. The molecule has 4 nitrogen and oxygen atoms in total. The summed E-state index contributed by atoms with van der Waals surface area (Å²) in [6, 6.07) is 11.4. The fourth-order valence-corrected chi connectivity index (χ4v) is 2.45. The van der Waals surface area contributed by atoms with Crippen molar-refractivity contribution in [1.29, 1.82) is 0 Å². The topological polar surface area (TPSA) is 61.7 Å². The first-order valence-electron chi connectivity index (χ1n) is 6.80. The third-order valence-corrected chi connectivity index (χ3v) is 3.57. The van der Waals surface area contributed by atoms with Crippen molar-refractivity contribution in [3.63, 3.8) is 0 Å². The number of nitrogens with zero attached hydrogens (tertiary/aromatic N) is 1. The van der Waals surface area contributed by atoms with Crippen LogP contribution in [0, 0.1) is 11.6 Å². The van der Waals surface area contributed by atoms with Crippen LogP contribution >= 0.6 is 0 Å². The molecular weight excluding hydrogens is 302 g/mol. The van der Waals surface area contributed by atoms with Crippen molar-refractivity contribution in [2.45, 2.75) is 5.66 Å². The molecule has 2 N–H and O–H groups in total. The van der Waals surface area contributed by atoms with E-state index in [1.54, 1.807) is 12.1 Å². The molecule has 0 saturated heterocycles. The Labute approximate surface area is 130 Å². The molecular formula is C17H12F2N2O2. The lowest BCUT2D eigenvalue weighted by molar-refractivity contribution is -0.132. The highest BCUT2D eigenvalue weighted by atomic mass is 19.1. The fourth-order valence-electron chi connectivity index (χ4n) is 2.45. The summed E-state index contributed by atoms with van der Waals surface area (Å²) in [6.07, 6.45) is 2.44. The zero-order valence-corrected chi connectivity index (χ0v) is 11.8. The van der Waals surface area contributed by atoms with Gasteiger partial charge in [-0.3, -0.25) is 4.99 Å². The minimum Gasteiger partial charge on any atom is -0.478 e. The van der Waals surface area contributed by atoms with Gasteiger partial charge in [0.2, 0.25) is 0 Å². The number of carboxylic acid groups (broad SMARTS) is 1. The van der Waals surface area contributed by atoms with Crippen LogP contribution in [0.25, 0.3) is 0 Å². The molecule has 1 heterocycles. The second-order valence-electron chi connectivity index (χ2n) is 5.04. The van der Waals surface area contributed by atoms with Crippen molar-refractivity contribution in [3.05, 3.63) is 83.1 Å². The van der Waals surface area contributed by atoms with Gasteiger partial charge in [-0.25, -0.2) is 13.6 Å². The normalized spacial score (nSPS) is 15.7. The Kier molecular flexibility index (Phi) is 3.65. The van der Waals surface area contributed by atoms with E-state index in [4.69, 9.17) is 5.11 Å². The summed E-state index contributed by atoms with van der Waals surface area (Å²) in [6.45, 7) is 0. The highest BCUT2D eigenvalue weighted by molar-refractivity contribution is 6.09. The van der Waals surface area contributed by atoms with Gasteiger partial charge in [0.1, 0.15) is 11.6 Å². The van der Waals surface area contributed by atoms with Crippen molar-refractivity contribution in [2.75, 3.05) is 0 Å². The van der Waals surface area contributed by atoms with E-state index in [2.05, 4.69) is 10.3 Å². The maximum Gasteiger partial charge on any atom is 0.338 e. The standard InChI is InChI=1S/C17H12F2N2O2/c18-14-5-1-3-12(7-14)17(13-4-2-6-15(19)8-13)20-9-11(10-21-17)16(22)23/h1-10,20H,(H,22,23). The predicted molar refractivity (Wildman–Crippen MR) is 80.9 cm³/mol. The molecule has 1 aliphatic rings. The van der Waals surface area contributed by atoms with Crippen LogP contribution in [0.1, 0.15) is 11.1 Å². The van der Waals surface area contributed by atoms with Crippen molar-refractivity contribution in [3.8, 4) is 0 Å². The number of carboxylic acids is 1. The van der Waals surface area contributed by atoms with Crippen molar-refractivity contribution in [1.82, 2.24) is 5.32 Å². The molecule has 6 heteroatoms.